The number of hydrogen-bond donors (Lipinski definition) is 1. The lowest BCUT2D eigenvalue weighted by molar-refractivity contribution is -0.136. The van der Waals surface area contributed by atoms with Gasteiger partial charge in [0, 0.05) is 18.7 Å². The highest BCUT2D eigenvalue weighted by Crippen LogP contribution is 2.41. The summed E-state index contributed by atoms with van der Waals surface area (Å²) in [6.45, 7) is 0. The summed E-state index contributed by atoms with van der Waals surface area (Å²) in [5.74, 6) is -0.117. The molecule has 0 unspecified atom stereocenters. The van der Waals surface area contributed by atoms with Crippen LogP contribution in [0.25, 0.3) is 5.57 Å². The monoisotopic (exact) mass is 263 g/mol. The number of rotatable bonds is 1. The van der Waals surface area contributed by atoms with Crippen molar-refractivity contribution in [2.45, 2.75) is 0 Å². The number of allylic oxidation sites excluding steroid dienone is 2. The molecule has 2 rings (SSSR count). The number of anilines is 1. The van der Waals surface area contributed by atoms with Gasteiger partial charge in [0.15, 0.2) is 0 Å². The second-order valence-electron chi connectivity index (χ2n) is 3.92. The highest BCUT2D eigenvalue weighted by molar-refractivity contribution is 6.07. The van der Waals surface area contributed by atoms with Gasteiger partial charge in [0.1, 0.15) is 23.2 Å². The zero-order chi connectivity index (χ0) is 14.2. The molecule has 6 heteroatoms. The van der Waals surface area contributed by atoms with Gasteiger partial charge in [-0.3, -0.25) is 0 Å². The number of hydrogen-bond acceptors (Lipinski definition) is 5. The standard InChI is InChI=1S/C13H10FNO4/c1-15-10(13(18)19-2)3-7(6-16)9-4-8(14)5-11(17)12(9)15/h3-5,17H,1-2H3. The number of nitrogens with zero attached hydrogens (tertiary/aromatic N) is 1. The fraction of sp³-hybridized carbons (Fsp3) is 0.154. The number of methoxy groups -OCH3 is 1. The van der Waals surface area contributed by atoms with Crippen LogP contribution in [0.5, 0.6) is 5.75 Å². The smallest absolute Gasteiger partial charge is 0.354 e. The fourth-order valence-corrected chi connectivity index (χ4v) is 1.96. The van der Waals surface area contributed by atoms with Crippen molar-refractivity contribution < 1.29 is 23.8 Å². The van der Waals surface area contributed by atoms with Crippen LogP contribution in [0.3, 0.4) is 0 Å². The third-order valence-corrected chi connectivity index (χ3v) is 2.83. The van der Waals surface area contributed by atoms with Gasteiger partial charge in [0.25, 0.3) is 0 Å². The van der Waals surface area contributed by atoms with Crippen molar-refractivity contribution in [3.63, 3.8) is 0 Å². The van der Waals surface area contributed by atoms with E-state index in [-0.39, 0.29) is 28.3 Å². The summed E-state index contributed by atoms with van der Waals surface area (Å²) in [6.07, 6.45) is 1.24. The first-order chi connectivity index (χ1) is 8.99. The molecule has 1 aromatic rings. The number of carbonyl (C=O) groups is 1. The molecular weight excluding hydrogens is 253 g/mol. The Morgan fingerprint density at radius 3 is 2.74 bits per heavy atom. The maximum atomic E-state index is 13.3. The van der Waals surface area contributed by atoms with Crippen LogP contribution in [-0.4, -0.2) is 31.2 Å². The Labute approximate surface area is 108 Å². The average molecular weight is 263 g/mol. The Morgan fingerprint density at radius 2 is 2.16 bits per heavy atom. The summed E-state index contributed by atoms with van der Waals surface area (Å²) in [5, 5.41) is 9.79. The van der Waals surface area contributed by atoms with Gasteiger partial charge in [0.05, 0.1) is 18.4 Å². The number of aromatic hydroxyl groups is 1. The lowest BCUT2D eigenvalue weighted by Crippen LogP contribution is -2.27. The van der Waals surface area contributed by atoms with Crippen molar-refractivity contribution in [3.8, 4) is 5.75 Å². The Bertz CT molecular complexity index is 644. The first-order valence-electron chi connectivity index (χ1n) is 5.31. The molecule has 0 bridgehead atoms. The van der Waals surface area contributed by atoms with Crippen LogP contribution in [0.1, 0.15) is 5.56 Å². The Morgan fingerprint density at radius 1 is 1.47 bits per heavy atom. The van der Waals surface area contributed by atoms with Gasteiger partial charge in [-0.25, -0.2) is 14.0 Å². The molecule has 0 fully saturated rings. The second-order valence-corrected chi connectivity index (χ2v) is 3.92. The van der Waals surface area contributed by atoms with Crippen LogP contribution in [0, 0.1) is 5.82 Å². The summed E-state index contributed by atoms with van der Waals surface area (Å²) in [6, 6.07) is 1.99. The Kier molecular flexibility index (Phi) is 3.10. The van der Waals surface area contributed by atoms with Gasteiger partial charge in [-0.1, -0.05) is 0 Å². The minimum absolute atomic E-state index is 0.0247. The minimum atomic E-state index is -0.688. The number of phenols is 1. The summed E-state index contributed by atoms with van der Waals surface area (Å²) in [4.78, 5) is 23.9. The van der Waals surface area contributed by atoms with Gasteiger partial charge >= 0.3 is 5.97 Å². The molecule has 0 aromatic heterocycles. The maximum Gasteiger partial charge on any atom is 0.354 e. The van der Waals surface area contributed by atoms with E-state index in [1.165, 1.54) is 25.1 Å². The maximum absolute atomic E-state index is 13.3. The first kappa shape index (κ1) is 12.9. The summed E-state index contributed by atoms with van der Waals surface area (Å²) in [7, 11) is 2.70. The van der Waals surface area contributed by atoms with E-state index in [0.717, 1.165) is 12.1 Å². The normalized spacial score (nSPS) is 13.5. The summed E-state index contributed by atoms with van der Waals surface area (Å²) in [5.41, 5.74) is 0.351. The number of fused-ring (bicyclic) bond motifs is 1. The third kappa shape index (κ3) is 1.98. The molecule has 19 heavy (non-hydrogen) atoms. The molecule has 0 saturated heterocycles. The molecule has 1 aromatic carbocycles. The van der Waals surface area contributed by atoms with Crippen molar-refractivity contribution in [1.29, 1.82) is 0 Å². The largest absolute Gasteiger partial charge is 0.506 e. The first-order valence-corrected chi connectivity index (χ1v) is 5.31. The second kappa shape index (κ2) is 4.59. The molecule has 0 amide bonds. The van der Waals surface area contributed by atoms with E-state index in [4.69, 9.17) is 0 Å². The van der Waals surface area contributed by atoms with E-state index < -0.39 is 11.8 Å². The number of phenolic OH excluding ortho intramolecular Hbond substituents is 1. The average Bonchev–Trinajstić information content (AvgIpc) is 2.37. The van der Waals surface area contributed by atoms with E-state index in [1.807, 2.05) is 0 Å². The molecule has 1 heterocycles. The van der Waals surface area contributed by atoms with Gasteiger partial charge in [-0.2, -0.15) is 0 Å². The molecule has 98 valence electrons. The lowest BCUT2D eigenvalue weighted by atomic mass is 9.98. The molecule has 0 aliphatic carbocycles. The number of ether oxygens (including phenoxy) is 1. The quantitative estimate of drug-likeness (QED) is 0.610. The van der Waals surface area contributed by atoms with Crippen molar-refractivity contribution >= 4 is 23.2 Å². The Balaban J connectivity index is 2.71. The van der Waals surface area contributed by atoms with Crippen LogP contribution >= 0.6 is 0 Å². The van der Waals surface area contributed by atoms with Crippen LogP contribution in [-0.2, 0) is 14.3 Å². The zero-order valence-corrected chi connectivity index (χ0v) is 10.2. The van der Waals surface area contributed by atoms with Crippen LogP contribution in [0.2, 0.25) is 0 Å². The van der Waals surface area contributed by atoms with Gasteiger partial charge < -0.3 is 14.7 Å². The van der Waals surface area contributed by atoms with Crippen LogP contribution in [0.4, 0.5) is 10.1 Å². The molecule has 1 N–H and O–H groups in total. The number of esters is 1. The minimum Gasteiger partial charge on any atom is -0.506 e. The SMILES string of the molecule is COC(=O)C1=CC(=C=O)c2cc(F)cc(O)c2N1C. The highest BCUT2D eigenvalue weighted by atomic mass is 19.1. The van der Waals surface area contributed by atoms with E-state index in [1.54, 1.807) is 5.94 Å². The lowest BCUT2D eigenvalue weighted by Gasteiger charge is -2.28. The predicted octanol–water partition coefficient (Wildman–Crippen LogP) is 1.25. The van der Waals surface area contributed by atoms with Crippen molar-refractivity contribution in [2.24, 2.45) is 0 Å². The number of benzene rings is 1. The van der Waals surface area contributed by atoms with Crippen molar-refractivity contribution in [2.75, 3.05) is 19.1 Å². The van der Waals surface area contributed by atoms with Gasteiger partial charge in [-0.15, -0.1) is 0 Å². The van der Waals surface area contributed by atoms with Crippen LogP contribution < -0.4 is 4.90 Å². The van der Waals surface area contributed by atoms with E-state index >= 15 is 0 Å². The van der Waals surface area contributed by atoms with E-state index in [9.17, 15) is 19.1 Å². The van der Waals surface area contributed by atoms with Crippen molar-refractivity contribution in [1.82, 2.24) is 0 Å². The molecular formula is C13H10FNO4. The topological polar surface area (TPSA) is 66.8 Å². The van der Waals surface area contributed by atoms with Gasteiger partial charge in [-0.05, 0) is 12.1 Å². The number of halogens is 1. The molecule has 1 aliphatic heterocycles. The molecule has 0 spiro atoms. The summed E-state index contributed by atoms with van der Waals surface area (Å²) < 4.78 is 17.9. The number of carbonyl (C=O) groups excluding carboxylic acids is 2. The van der Waals surface area contributed by atoms with E-state index in [0.29, 0.717) is 0 Å². The predicted molar refractivity (Wildman–Crippen MR) is 65.7 cm³/mol. The molecule has 0 saturated carbocycles. The Hall–Kier alpha value is -2.59. The zero-order valence-electron chi connectivity index (χ0n) is 10.2. The van der Waals surface area contributed by atoms with Crippen LogP contribution in [0.15, 0.2) is 23.9 Å². The number of likely N-dealkylation sites (N-methyl/N-ethyl adjacent to an activating group) is 1. The van der Waals surface area contributed by atoms with Crippen molar-refractivity contribution in [3.05, 3.63) is 35.3 Å². The molecule has 0 atom stereocenters. The molecule has 1 aliphatic rings. The molecule has 0 radical (unpaired) electrons. The fourth-order valence-electron chi connectivity index (χ4n) is 1.96. The highest BCUT2D eigenvalue weighted by Gasteiger charge is 2.28. The van der Waals surface area contributed by atoms with Gasteiger partial charge in [0.2, 0.25) is 0 Å². The molecule has 5 nitrogen and oxygen atoms in total. The third-order valence-electron chi connectivity index (χ3n) is 2.83. The van der Waals surface area contributed by atoms with E-state index in [2.05, 4.69) is 4.74 Å². The summed E-state index contributed by atoms with van der Waals surface area (Å²) >= 11 is 0.